The molecule has 1 aliphatic heterocycles. The second-order valence-corrected chi connectivity index (χ2v) is 10.5. The zero-order valence-corrected chi connectivity index (χ0v) is 17.3. The molecule has 0 saturated heterocycles. The molecule has 1 aromatic rings. The third-order valence-electron chi connectivity index (χ3n) is 4.30. The number of thiophene rings is 1. The van der Waals surface area contributed by atoms with Crippen LogP contribution in [0.1, 0.15) is 57.7 Å². The van der Waals surface area contributed by atoms with Crippen molar-refractivity contribution in [1.82, 2.24) is 0 Å². The van der Waals surface area contributed by atoms with Gasteiger partial charge in [0.1, 0.15) is 0 Å². The molecule has 0 saturated carbocycles. The minimum atomic E-state index is -1.48. The van der Waals surface area contributed by atoms with Gasteiger partial charge in [-0.2, -0.15) is 0 Å². The Hall–Kier alpha value is 0.410. The van der Waals surface area contributed by atoms with E-state index in [4.69, 9.17) is 0 Å². The number of fused-ring (bicyclic) bond motifs is 1. The molecule has 3 unspecified atom stereocenters. The average Bonchev–Trinajstić information content (AvgIpc) is 2.92. The first-order valence-electron chi connectivity index (χ1n) is 7.44. The number of rotatable bonds is 7. The molecule has 22 heavy (non-hydrogen) atoms. The number of carboxylic acids is 1. The van der Waals surface area contributed by atoms with Crippen LogP contribution in [0.5, 0.6) is 0 Å². The Kier molecular flexibility index (Phi) is 6.42. The topological polar surface area (TPSA) is 37.3 Å². The van der Waals surface area contributed by atoms with Crippen molar-refractivity contribution in [3.8, 4) is 0 Å². The van der Waals surface area contributed by atoms with Crippen LogP contribution in [-0.2, 0) is 4.79 Å². The lowest BCUT2D eigenvalue weighted by Crippen LogP contribution is -2.44. The van der Waals surface area contributed by atoms with Crippen LogP contribution < -0.4 is 0 Å². The number of hydrogen-bond acceptors (Lipinski definition) is 3. The molecular formula is C15H19Br2FO2S2. The van der Waals surface area contributed by atoms with Gasteiger partial charge in [0.15, 0.2) is 10.9 Å². The van der Waals surface area contributed by atoms with Crippen LogP contribution in [0.2, 0.25) is 0 Å². The maximum Gasteiger partial charge on any atom is 0.323 e. The van der Waals surface area contributed by atoms with Gasteiger partial charge in [-0.25, -0.2) is 4.39 Å². The van der Waals surface area contributed by atoms with Crippen LogP contribution in [0, 0.1) is 5.92 Å². The number of carbonyl (C=O) groups is 1. The van der Waals surface area contributed by atoms with Gasteiger partial charge in [-0.05, 0) is 44.2 Å². The summed E-state index contributed by atoms with van der Waals surface area (Å²) in [7, 11) is 0. The van der Waals surface area contributed by atoms with E-state index in [2.05, 4.69) is 38.8 Å². The molecule has 0 bridgehead atoms. The minimum absolute atomic E-state index is 0.173. The molecule has 2 nitrogen and oxygen atoms in total. The predicted octanol–water partition coefficient (Wildman–Crippen LogP) is 6.82. The van der Waals surface area contributed by atoms with Crippen molar-refractivity contribution in [2.75, 3.05) is 0 Å². The molecule has 0 amide bonds. The number of thioether (sulfide) groups is 1. The van der Waals surface area contributed by atoms with E-state index in [0.29, 0.717) is 15.8 Å². The van der Waals surface area contributed by atoms with Gasteiger partial charge in [-0.15, -0.1) is 23.1 Å². The Balaban J connectivity index is 2.38. The van der Waals surface area contributed by atoms with E-state index >= 15 is 4.39 Å². The lowest BCUT2D eigenvalue weighted by atomic mass is 9.80. The van der Waals surface area contributed by atoms with Crippen molar-refractivity contribution >= 4 is 60.9 Å². The third kappa shape index (κ3) is 3.03. The van der Waals surface area contributed by atoms with Crippen LogP contribution in [-0.4, -0.2) is 15.8 Å². The van der Waals surface area contributed by atoms with Crippen molar-refractivity contribution in [2.45, 2.75) is 61.8 Å². The lowest BCUT2D eigenvalue weighted by molar-refractivity contribution is -0.144. The molecule has 2 heterocycles. The number of aliphatic carboxylic acids is 1. The molecule has 0 aliphatic carbocycles. The average molecular weight is 474 g/mol. The molecule has 1 aliphatic rings. The first-order valence-corrected chi connectivity index (χ1v) is 10.7. The number of unbranched alkanes of at least 4 members (excludes halogenated alkanes) is 2. The molecule has 1 N–H and O–H groups in total. The Labute approximate surface area is 155 Å². The molecule has 124 valence electrons. The van der Waals surface area contributed by atoms with Gasteiger partial charge in [0.2, 0.25) is 0 Å². The molecule has 0 fully saturated rings. The van der Waals surface area contributed by atoms with E-state index in [1.807, 2.05) is 6.92 Å². The number of hydrogen-bond donors (Lipinski definition) is 1. The summed E-state index contributed by atoms with van der Waals surface area (Å²) in [5.74, 6) is -1.21. The SMILES string of the molecule is CCCCCC(CC)C1(C(=O)O)Sc2c(Br)sc(Br)c2C1F. The van der Waals surface area contributed by atoms with Gasteiger partial charge < -0.3 is 5.11 Å². The van der Waals surface area contributed by atoms with Crippen molar-refractivity contribution in [3.63, 3.8) is 0 Å². The van der Waals surface area contributed by atoms with Crippen molar-refractivity contribution in [3.05, 3.63) is 13.1 Å². The fourth-order valence-corrected chi connectivity index (χ4v) is 8.19. The predicted molar refractivity (Wildman–Crippen MR) is 97.7 cm³/mol. The maximum atomic E-state index is 15.3. The van der Waals surface area contributed by atoms with E-state index in [1.54, 1.807) is 0 Å². The van der Waals surface area contributed by atoms with E-state index in [0.717, 1.165) is 34.4 Å². The minimum Gasteiger partial charge on any atom is -0.480 e. The molecule has 0 radical (unpaired) electrons. The largest absolute Gasteiger partial charge is 0.480 e. The summed E-state index contributed by atoms with van der Waals surface area (Å²) in [5, 5.41) is 9.88. The lowest BCUT2D eigenvalue weighted by Gasteiger charge is -2.34. The maximum absolute atomic E-state index is 15.3. The fourth-order valence-electron chi connectivity index (χ4n) is 3.10. The third-order valence-corrected chi connectivity index (χ3v) is 8.95. The summed E-state index contributed by atoms with van der Waals surface area (Å²) < 4.78 is 15.4. The highest BCUT2D eigenvalue weighted by Gasteiger charge is 2.59. The van der Waals surface area contributed by atoms with Gasteiger partial charge >= 0.3 is 5.97 Å². The van der Waals surface area contributed by atoms with E-state index in [-0.39, 0.29) is 5.92 Å². The summed E-state index contributed by atoms with van der Waals surface area (Å²) in [6, 6.07) is 0. The number of halogens is 3. The first-order chi connectivity index (χ1) is 10.4. The van der Waals surface area contributed by atoms with Crippen LogP contribution in [0.15, 0.2) is 12.5 Å². The summed E-state index contributed by atoms with van der Waals surface area (Å²) in [6.45, 7) is 4.08. The fraction of sp³-hybridized carbons (Fsp3) is 0.667. The van der Waals surface area contributed by atoms with E-state index < -0.39 is 16.9 Å². The standard InChI is InChI=1S/C15H19Br2FO2S2/c1-3-5-6-7-8(4-2)15(14(19)20)11(18)9-10(22-15)13(17)21-12(9)16/h8,11H,3-7H2,1-2H3,(H,19,20). The summed E-state index contributed by atoms with van der Waals surface area (Å²) in [6.07, 6.45) is 3.04. The molecular weight excluding hydrogens is 455 g/mol. The van der Waals surface area contributed by atoms with Crippen LogP contribution in [0.3, 0.4) is 0 Å². The normalized spacial score (nSPS) is 25.2. The van der Waals surface area contributed by atoms with Crippen molar-refractivity contribution in [2.24, 2.45) is 5.92 Å². The molecule has 0 spiro atoms. The Morgan fingerprint density at radius 3 is 2.55 bits per heavy atom. The van der Waals surface area contributed by atoms with Gasteiger partial charge in [0, 0.05) is 10.5 Å². The Morgan fingerprint density at radius 1 is 1.36 bits per heavy atom. The van der Waals surface area contributed by atoms with Crippen LogP contribution in [0.25, 0.3) is 0 Å². The number of alkyl halides is 1. The highest BCUT2D eigenvalue weighted by molar-refractivity contribution is 9.12. The Bertz CT molecular complexity index is 564. The zero-order chi connectivity index (χ0) is 16.5. The second-order valence-electron chi connectivity index (χ2n) is 5.56. The monoisotopic (exact) mass is 472 g/mol. The first kappa shape index (κ1) is 18.7. The van der Waals surface area contributed by atoms with Gasteiger partial charge in [0.05, 0.1) is 7.57 Å². The van der Waals surface area contributed by atoms with Gasteiger partial charge in [0.25, 0.3) is 0 Å². The van der Waals surface area contributed by atoms with Gasteiger partial charge in [-0.1, -0.05) is 39.5 Å². The van der Waals surface area contributed by atoms with Gasteiger partial charge in [-0.3, -0.25) is 4.79 Å². The highest BCUT2D eigenvalue weighted by Crippen LogP contribution is 2.64. The van der Waals surface area contributed by atoms with E-state index in [9.17, 15) is 9.90 Å². The molecule has 2 rings (SSSR count). The Morgan fingerprint density at radius 2 is 2.05 bits per heavy atom. The van der Waals surface area contributed by atoms with Crippen molar-refractivity contribution in [1.29, 1.82) is 0 Å². The molecule has 0 aromatic carbocycles. The highest BCUT2D eigenvalue weighted by atomic mass is 79.9. The molecule has 3 atom stereocenters. The summed E-state index contributed by atoms with van der Waals surface area (Å²) in [4.78, 5) is 12.8. The van der Waals surface area contributed by atoms with E-state index in [1.165, 1.54) is 23.1 Å². The molecule has 7 heteroatoms. The van der Waals surface area contributed by atoms with Crippen LogP contribution in [0.4, 0.5) is 4.39 Å². The van der Waals surface area contributed by atoms with Crippen molar-refractivity contribution < 1.29 is 14.3 Å². The summed E-state index contributed by atoms with van der Waals surface area (Å²) >= 11 is 9.43. The van der Waals surface area contributed by atoms with Crippen LogP contribution >= 0.6 is 55.0 Å². The smallest absolute Gasteiger partial charge is 0.323 e. The number of carboxylic acid groups (broad SMARTS) is 1. The quantitative estimate of drug-likeness (QED) is 0.441. The second kappa shape index (κ2) is 7.53. The molecule has 1 aromatic heterocycles. The zero-order valence-electron chi connectivity index (χ0n) is 12.5. The summed E-state index contributed by atoms with van der Waals surface area (Å²) in [5.41, 5.74) is 0.512.